The summed E-state index contributed by atoms with van der Waals surface area (Å²) in [6, 6.07) is 13.9. The second kappa shape index (κ2) is 6.89. The fourth-order valence-corrected chi connectivity index (χ4v) is 3.62. The van der Waals surface area contributed by atoms with Gasteiger partial charge in [0.25, 0.3) is 5.91 Å². The lowest BCUT2D eigenvalue weighted by molar-refractivity contribution is -0.142. The van der Waals surface area contributed by atoms with Crippen molar-refractivity contribution in [3.05, 3.63) is 48.0 Å². The number of rotatable bonds is 6. The molecular weight excluding hydrogens is 342 g/mol. The van der Waals surface area contributed by atoms with Crippen LogP contribution in [-0.2, 0) is 20.9 Å². The van der Waals surface area contributed by atoms with Gasteiger partial charge in [0, 0.05) is 19.5 Å². The number of benzene rings is 2. The van der Waals surface area contributed by atoms with Crippen LogP contribution in [0.25, 0.3) is 10.8 Å². The van der Waals surface area contributed by atoms with Crippen LogP contribution in [0.15, 0.2) is 42.5 Å². The maximum Gasteiger partial charge on any atom is 0.290 e. The van der Waals surface area contributed by atoms with Crippen molar-refractivity contribution in [3.8, 4) is 0 Å². The molecular formula is C22H25NO4. The van der Waals surface area contributed by atoms with E-state index in [1.54, 1.807) is 11.8 Å². The normalized spacial score (nSPS) is 20.5. The molecule has 0 aliphatic carbocycles. The fourth-order valence-electron chi connectivity index (χ4n) is 3.62. The number of nitrogens with zero attached hydrogens (tertiary/aromatic N) is 1. The van der Waals surface area contributed by atoms with E-state index in [4.69, 9.17) is 0 Å². The molecule has 5 nitrogen and oxygen atoms in total. The number of fused-ring (bicyclic) bond motifs is 1. The Bertz CT molecular complexity index is 907. The highest BCUT2D eigenvalue weighted by Crippen LogP contribution is 2.34. The van der Waals surface area contributed by atoms with Crippen molar-refractivity contribution in [2.75, 3.05) is 6.54 Å². The molecule has 27 heavy (non-hydrogen) atoms. The van der Waals surface area contributed by atoms with Gasteiger partial charge in [-0.05, 0) is 36.6 Å². The standard InChI is InChI=1S/C22H25NO4/c1-21(2,27)18(24)11-12-22(3)14-23(20(26)19(22)25)13-16-9-6-8-15-7-4-5-10-17(15)16/h4-10,27H,11-14H2,1-3H3/t22-/m1/s1. The van der Waals surface area contributed by atoms with Gasteiger partial charge in [-0.3, -0.25) is 14.4 Å². The van der Waals surface area contributed by atoms with E-state index >= 15 is 0 Å². The highest BCUT2D eigenvalue weighted by Gasteiger charge is 2.48. The molecule has 0 unspecified atom stereocenters. The summed E-state index contributed by atoms with van der Waals surface area (Å²) in [6.45, 7) is 5.25. The number of Topliss-reactive ketones (excluding diaryl/α,β-unsaturated/α-hetero) is 2. The molecule has 1 aliphatic rings. The van der Waals surface area contributed by atoms with Crippen LogP contribution < -0.4 is 0 Å². The third-order valence-electron chi connectivity index (χ3n) is 5.40. The Morgan fingerprint density at radius 1 is 1.15 bits per heavy atom. The van der Waals surface area contributed by atoms with E-state index in [2.05, 4.69) is 0 Å². The van der Waals surface area contributed by atoms with Gasteiger partial charge in [0.05, 0.1) is 5.41 Å². The number of aliphatic hydroxyl groups is 1. The Hall–Kier alpha value is -2.53. The predicted octanol–water partition coefficient (Wildman–Crippen LogP) is 2.88. The van der Waals surface area contributed by atoms with E-state index in [0.717, 1.165) is 16.3 Å². The minimum atomic E-state index is -1.43. The number of ketones is 2. The smallest absolute Gasteiger partial charge is 0.290 e. The molecule has 0 spiro atoms. The molecule has 1 saturated heterocycles. The van der Waals surface area contributed by atoms with Gasteiger partial charge in [0.1, 0.15) is 5.60 Å². The molecule has 1 heterocycles. The lowest BCUT2D eigenvalue weighted by Gasteiger charge is -2.24. The Balaban J connectivity index is 1.77. The molecule has 0 radical (unpaired) electrons. The van der Waals surface area contributed by atoms with Crippen LogP contribution in [0.3, 0.4) is 0 Å². The zero-order valence-corrected chi connectivity index (χ0v) is 16.0. The summed E-state index contributed by atoms with van der Waals surface area (Å²) < 4.78 is 0. The molecule has 142 valence electrons. The fraction of sp³-hybridized carbons (Fsp3) is 0.409. The van der Waals surface area contributed by atoms with Crippen LogP contribution >= 0.6 is 0 Å². The summed E-state index contributed by atoms with van der Waals surface area (Å²) in [4.78, 5) is 38.7. The Morgan fingerprint density at radius 3 is 2.52 bits per heavy atom. The van der Waals surface area contributed by atoms with E-state index in [1.807, 2.05) is 42.5 Å². The summed E-state index contributed by atoms with van der Waals surface area (Å²) in [7, 11) is 0. The van der Waals surface area contributed by atoms with E-state index in [-0.39, 0.29) is 25.2 Å². The van der Waals surface area contributed by atoms with E-state index < -0.39 is 22.7 Å². The van der Waals surface area contributed by atoms with Crippen LogP contribution in [0.5, 0.6) is 0 Å². The number of hydrogen-bond acceptors (Lipinski definition) is 4. The summed E-state index contributed by atoms with van der Waals surface area (Å²) in [5, 5.41) is 11.9. The van der Waals surface area contributed by atoms with Gasteiger partial charge < -0.3 is 10.0 Å². The van der Waals surface area contributed by atoms with E-state index in [9.17, 15) is 19.5 Å². The first-order chi connectivity index (χ1) is 12.6. The van der Waals surface area contributed by atoms with Crippen molar-refractivity contribution >= 4 is 28.2 Å². The minimum absolute atomic E-state index is 0.0706. The molecule has 2 aromatic rings. The van der Waals surface area contributed by atoms with Crippen molar-refractivity contribution in [2.45, 2.75) is 45.8 Å². The van der Waals surface area contributed by atoms with Crippen LogP contribution in [-0.4, -0.2) is 39.6 Å². The quantitative estimate of drug-likeness (QED) is 0.797. The van der Waals surface area contributed by atoms with Crippen molar-refractivity contribution in [3.63, 3.8) is 0 Å². The molecule has 1 N–H and O–H groups in total. The van der Waals surface area contributed by atoms with Gasteiger partial charge in [0.2, 0.25) is 5.78 Å². The Labute approximate surface area is 159 Å². The average Bonchev–Trinajstić information content (AvgIpc) is 2.83. The number of carbonyl (C=O) groups is 3. The molecule has 2 aromatic carbocycles. The SMILES string of the molecule is CC(C)(O)C(=O)CC[C@]1(C)CN(Cc2cccc3ccccc23)C(=O)C1=O. The lowest BCUT2D eigenvalue weighted by atomic mass is 9.81. The second-order valence-corrected chi connectivity index (χ2v) is 8.17. The zero-order valence-electron chi connectivity index (χ0n) is 16.0. The molecule has 5 heteroatoms. The van der Waals surface area contributed by atoms with Gasteiger partial charge in [-0.2, -0.15) is 0 Å². The summed E-state index contributed by atoms with van der Waals surface area (Å²) >= 11 is 0. The van der Waals surface area contributed by atoms with Gasteiger partial charge in [-0.25, -0.2) is 0 Å². The zero-order chi connectivity index (χ0) is 19.8. The topological polar surface area (TPSA) is 74.7 Å². The van der Waals surface area contributed by atoms with Crippen LogP contribution in [0.2, 0.25) is 0 Å². The molecule has 1 aliphatic heterocycles. The van der Waals surface area contributed by atoms with Gasteiger partial charge in [0.15, 0.2) is 5.78 Å². The van der Waals surface area contributed by atoms with Crippen molar-refractivity contribution in [1.82, 2.24) is 4.90 Å². The van der Waals surface area contributed by atoms with E-state index in [1.165, 1.54) is 13.8 Å². The maximum atomic E-state index is 12.6. The van der Waals surface area contributed by atoms with Gasteiger partial charge >= 0.3 is 0 Å². The first kappa shape index (κ1) is 19.2. The molecule has 3 rings (SSSR count). The van der Waals surface area contributed by atoms with Crippen molar-refractivity contribution in [2.24, 2.45) is 5.41 Å². The van der Waals surface area contributed by atoms with Crippen LogP contribution in [0.1, 0.15) is 39.2 Å². The summed E-state index contributed by atoms with van der Waals surface area (Å²) in [5.74, 6) is -1.27. The van der Waals surface area contributed by atoms with Gasteiger partial charge in [-0.15, -0.1) is 0 Å². The largest absolute Gasteiger partial charge is 0.383 e. The van der Waals surface area contributed by atoms with E-state index in [0.29, 0.717) is 6.54 Å². The monoisotopic (exact) mass is 367 g/mol. The minimum Gasteiger partial charge on any atom is -0.383 e. The Kier molecular flexibility index (Phi) is 4.91. The lowest BCUT2D eigenvalue weighted by Crippen LogP contribution is -2.34. The van der Waals surface area contributed by atoms with Gasteiger partial charge in [-0.1, -0.05) is 49.4 Å². The summed E-state index contributed by atoms with van der Waals surface area (Å²) in [6.07, 6.45) is 0.327. The van der Waals surface area contributed by atoms with Crippen LogP contribution in [0.4, 0.5) is 0 Å². The first-order valence-corrected chi connectivity index (χ1v) is 9.18. The third kappa shape index (κ3) is 3.78. The number of amides is 1. The number of carbonyl (C=O) groups excluding carboxylic acids is 3. The number of likely N-dealkylation sites (tertiary alicyclic amines) is 1. The Morgan fingerprint density at radius 2 is 1.81 bits per heavy atom. The molecule has 0 bridgehead atoms. The maximum absolute atomic E-state index is 12.6. The molecule has 0 aromatic heterocycles. The molecule has 1 fully saturated rings. The number of hydrogen-bond donors (Lipinski definition) is 1. The highest BCUT2D eigenvalue weighted by atomic mass is 16.3. The van der Waals surface area contributed by atoms with Crippen molar-refractivity contribution in [1.29, 1.82) is 0 Å². The highest BCUT2D eigenvalue weighted by molar-refractivity contribution is 6.40. The third-order valence-corrected chi connectivity index (χ3v) is 5.40. The molecule has 0 saturated carbocycles. The molecule has 1 amide bonds. The summed E-state index contributed by atoms with van der Waals surface area (Å²) in [5.41, 5.74) is -1.33. The second-order valence-electron chi connectivity index (χ2n) is 8.17. The first-order valence-electron chi connectivity index (χ1n) is 9.18. The van der Waals surface area contributed by atoms with Crippen molar-refractivity contribution < 1.29 is 19.5 Å². The molecule has 1 atom stereocenters. The van der Waals surface area contributed by atoms with Crippen LogP contribution in [0, 0.1) is 5.41 Å². The predicted molar refractivity (Wildman–Crippen MR) is 103 cm³/mol. The average molecular weight is 367 g/mol.